The molecule has 1 aliphatic rings. The smallest absolute Gasteiger partial charge is 0.248 e. The number of para-hydroxylation sites is 1. The van der Waals surface area contributed by atoms with Crippen molar-refractivity contribution < 1.29 is 4.79 Å². The molecule has 15 heavy (non-hydrogen) atoms. The Morgan fingerprint density at radius 3 is 2.53 bits per heavy atom. The number of carbonyl (C=O) groups excluding carboxylic acids is 1. The van der Waals surface area contributed by atoms with Gasteiger partial charge in [-0.25, -0.2) is 0 Å². The zero-order chi connectivity index (χ0) is 10.3. The Bertz CT molecular complexity index is 379. The van der Waals surface area contributed by atoms with Crippen molar-refractivity contribution in [2.45, 2.75) is 25.9 Å². The molecule has 1 aromatic carbocycles. The van der Waals surface area contributed by atoms with E-state index in [4.69, 9.17) is 5.73 Å². The van der Waals surface area contributed by atoms with Crippen LogP contribution >= 0.6 is 12.4 Å². The third-order valence-electron chi connectivity index (χ3n) is 2.55. The summed E-state index contributed by atoms with van der Waals surface area (Å²) in [5, 5.41) is 0. The van der Waals surface area contributed by atoms with E-state index in [9.17, 15) is 4.79 Å². The second-order valence-electron chi connectivity index (χ2n) is 3.84. The topological polar surface area (TPSA) is 46.3 Å². The predicted octanol–water partition coefficient (Wildman–Crippen LogP) is 1.86. The highest BCUT2D eigenvalue weighted by Crippen LogP contribution is 2.35. The molecule has 1 unspecified atom stereocenters. The normalized spacial score (nSPS) is 19.1. The average molecular weight is 227 g/mol. The molecule has 2 rings (SSSR count). The lowest BCUT2D eigenvalue weighted by atomic mass is 10.1. The Hall–Kier alpha value is -1.06. The van der Waals surface area contributed by atoms with Crippen molar-refractivity contribution in [3.8, 4) is 0 Å². The van der Waals surface area contributed by atoms with Gasteiger partial charge in [0.2, 0.25) is 5.91 Å². The predicted molar refractivity (Wildman–Crippen MR) is 63.2 cm³/mol. The number of rotatable bonds is 1. The summed E-state index contributed by atoms with van der Waals surface area (Å²) in [4.78, 5) is 13.6. The highest BCUT2D eigenvalue weighted by atomic mass is 35.5. The van der Waals surface area contributed by atoms with E-state index in [1.807, 2.05) is 38.1 Å². The van der Waals surface area contributed by atoms with Crippen LogP contribution in [-0.2, 0) is 4.79 Å². The number of anilines is 1. The van der Waals surface area contributed by atoms with Crippen molar-refractivity contribution in [2.75, 3.05) is 4.90 Å². The molecule has 0 aromatic heterocycles. The van der Waals surface area contributed by atoms with E-state index >= 15 is 0 Å². The Balaban J connectivity index is 0.00000112. The van der Waals surface area contributed by atoms with Crippen LogP contribution in [0.5, 0.6) is 0 Å². The van der Waals surface area contributed by atoms with Gasteiger partial charge in [0.25, 0.3) is 0 Å². The van der Waals surface area contributed by atoms with Crippen LogP contribution in [0.15, 0.2) is 24.3 Å². The molecule has 1 atom stereocenters. The molecule has 3 nitrogen and oxygen atoms in total. The Morgan fingerprint density at radius 1 is 1.33 bits per heavy atom. The van der Waals surface area contributed by atoms with E-state index < -0.39 is 6.04 Å². The minimum atomic E-state index is -0.478. The van der Waals surface area contributed by atoms with Crippen molar-refractivity contribution in [3.63, 3.8) is 0 Å². The van der Waals surface area contributed by atoms with Crippen LogP contribution in [0.1, 0.15) is 25.5 Å². The van der Waals surface area contributed by atoms with E-state index in [1.54, 1.807) is 4.90 Å². The Labute approximate surface area is 95.7 Å². The first-order valence-corrected chi connectivity index (χ1v) is 4.80. The maximum atomic E-state index is 11.8. The Kier molecular flexibility index (Phi) is 3.37. The average Bonchev–Trinajstić information content (AvgIpc) is 2.41. The summed E-state index contributed by atoms with van der Waals surface area (Å²) in [6.45, 7) is 3.99. The minimum absolute atomic E-state index is 0. The fourth-order valence-electron chi connectivity index (χ4n) is 1.90. The summed E-state index contributed by atoms with van der Waals surface area (Å²) in [5.41, 5.74) is 7.72. The monoisotopic (exact) mass is 226 g/mol. The first kappa shape index (κ1) is 12.0. The van der Waals surface area contributed by atoms with Crippen molar-refractivity contribution in [1.29, 1.82) is 0 Å². The lowest BCUT2D eigenvalue weighted by Crippen LogP contribution is -2.36. The van der Waals surface area contributed by atoms with Crippen LogP contribution in [0, 0.1) is 0 Å². The van der Waals surface area contributed by atoms with E-state index in [0.29, 0.717) is 0 Å². The molecule has 82 valence electrons. The molecule has 0 radical (unpaired) electrons. The third kappa shape index (κ3) is 1.73. The first-order chi connectivity index (χ1) is 6.63. The molecule has 0 spiro atoms. The standard InChI is InChI=1S/C11H14N2O.ClH/c1-7(2)13-9-6-4-3-5-8(9)10(12)11(13)14;/h3-7,10H,12H2,1-2H3;1H. The van der Waals surface area contributed by atoms with E-state index in [0.717, 1.165) is 11.3 Å². The first-order valence-electron chi connectivity index (χ1n) is 4.80. The summed E-state index contributed by atoms with van der Waals surface area (Å²) >= 11 is 0. The molecule has 1 aliphatic heterocycles. The van der Waals surface area contributed by atoms with Crippen molar-refractivity contribution in [1.82, 2.24) is 0 Å². The largest absolute Gasteiger partial charge is 0.316 e. The van der Waals surface area contributed by atoms with E-state index in [2.05, 4.69) is 0 Å². The van der Waals surface area contributed by atoms with Crippen LogP contribution in [0.4, 0.5) is 5.69 Å². The number of hydrogen-bond acceptors (Lipinski definition) is 2. The lowest BCUT2D eigenvalue weighted by Gasteiger charge is -2.21. The summed E-state index contributed by atoms with van der Waals surface area (Å²) in [6.07, 6.45) is 0. The van der Waals surface area contributed by atoms with Crippen LogP contribution < -0.4 is 10.6 Å². The zero-order valence-corrected chi connectivity index (χ0v) is 9.62. The number of halogens is 1. The van der Waals surface area contributed by atoms with Crippen LogP contribution in [0.2, 0.25) is 0 Å². The van der Waals surface area contributed by atoms with Gasteiger partial charge in [0.15, 0.2) is 0 Å². The summed E-state index contributed by atoms with van der Waals surface area (Å²) in [5.74, 6) is 0.00111. The highest BCUT2D eigenvalue weighted by molar-refractivity contribution is 6.04. The fraction of sp³-hybridized carbons (Fsp3) is 0.364. The number of benzene rings is 1. The molecule has 0 saturated carbocycles. The van der Waals surface area contributed by atoms with Crippen molar-refractivity contribution in [2.24, 2.45) is 5.73 Å². The van der Waals surface area contributed by atoms with E-state index in [1.165, 1.54) is 0 Å². The van der Waals surface area contributed by atoms with Gasteiger partial charge in [0.1, 0.15) is 6.04 Å². The Morgan fingerprint density at radius 2 is 1.93 bits per heavy atom. The highest BCUT2D eigenvalue weighted by Gasteiger charge is 2.35. The molecule has 4 heteroatoms. The van der Waals surface area contributed by atoms with Gasteiger partial charge >= 0.3 is 0 Å². The number of nitrogens with two attached hydrogens (primary N) is 1. The van der Waals surface area contributed by atoms with Gasteiger partial charge in [-0.15, -0.1) is 12.4 Å². The van der Waals surface area contributed by atoms with Gasteiger partial charge in [-0.2, -0.15) is 0 Å². The van der Waals surface area contributed by atoms with Gasteiger partial charge in [-0.3, -0.25) is 4.79 Å². The van der Waals surface area contributed by atoms with Gasteiger partial charge in [-0.05, 0) is 19.9 Å². The molecule has 0 bridgehead atoms. The van der Waals surface area contributed by atoms with Crippen LogP contribution in [0.3, 0.4) is 0 Å². The molecule has 0 saturated heterocycles. The van der Waals surface area contributed by atoms with Crippen molar-refractivity contribution >= 4 is 24.0 Å². The fourth-order valence-corrected chi connectivity index (χ4v) is 1.90. The van der Waals surface area contributed by atoms with E-state index in [-0.39, 0.29) is 24.4 Å². The molecule has 2 N–H and O–H groups in total. The second kappa shape index (κ2) is 4.21. The van der Waals surface area contributed by atoms with Crippen LogP contribution in [0.25, 0.3) is 0 Å². The third-order valence-corrected chi connectivity index (χ3v) is 2.55. The summed E-state index contributed by atoms with van der Waals surface area (Å²) < 4.78 is 0. The molecular formula is C11H15ClN2O. The molecule has 0 fully saturated rings. The molecule has 1 amide bonds. The number of nitrogens with zero attached hydrogens (tertiary/aromatic N) is 1. The maximum absolute atomic E-state index is 11.8. The number of fused-ring (bicyclic) bond motifs is 1. The van der Waals surface area contributed by atoms with Crippen molar-refractivity contribution in [3.05, 3.63) is 29.8 Å². The quantitative estimate of drug-likeness (QED) is 0.795. The lowest BCUT2D eigenvalue weighted by molar-refractivity contribution is -0.119. The molecule has 1 aromatic rings. The summed E-state index contributed by atoms with van der Waals surface area (Å²) in [6, 6.07) is 7.39. The molecule has 0 aliphatic carbocycles. The summed E-state index contributed by atoms with van der Waals surface area (Å²) in [7, 11) is 0. The second-order valence-corrected chi connectivity index (χ2v) is 3.84. The SMILES string of the molecule is CC(C)N1C(=O)C(N)c2ccccc21.Cl. The van der Waals surface area contributed by atoms with Gasteiger partial charge in [0, 0.05) is 17.3 Å². The number of hydrogen-bond donors (Lipinski definition) is 1. The number of carbonyl (C=O) groups is 1. The van der Waals surface area contributed by atoms with Crippen LogP contribution in [-0.4, -0.2) is 11.9 Å². The van der Waals surface area contributed by atoms with Gasteiger partial charge in [-0.1, -0.05) is 18.2 Å². The zero-order valence-electron chi connectivity index (χ0n) is 8.81. The molecule has 1 heterocycles. The number of amides is 1. The van der Waals surface area contributed by atoms with Gasteiger partial charge < -0.3 is 10.6 Å². The molecular weight excluding hydrogens is 212 g/mol. The maximum Gasteiger partial charge on any atom is 0.248 e. The van der Waals surface area contributed by atoms with Gasteiger partial charge in [0.05, 0.1) is 0 Å². The minimum Gasteiger partial charge on any atom is -0.316 e.